The van der Waals surface area contributed by atoms with E-state index in [1.165, 1.54) is 0 Å². The molecule has 0 aliphatic heterocycles. The smallest absolute Gasteiger partial charge is 0.228 e. The van der Waals surface area contributed by atoms with E-state index in [9.17, 15) is 4.79 Å². The number of nitrogens with two attached hydrogens (primary N) is 1. The molecule has 1 amide bonds. The lowest BCUT2D eigenvalue weighted by molar-refractivity contribution is -0.122. The van der Waals surface area contributed by atoms with Crippen LogP contribution in [0.3, 0.4) is 0 Å². The summed E-state index contributed by atoms with van der Waals surface area (Å²) in [5, 5.41) is 2.99. The molecule has 2 rings (SSSR count). The predicted octanol–water partition coefficient (Wildman–Crippen LogP) is 3.85. The summed E-state index contributed by atoms with van der Waals surface area (Å²) >= 11 is 8.44. The molecule has 1 unspecified atom stereocenters. The number of nitrogens with one attached hydrogen (secondary N) is 1. The SMILES string of the molecule is CC1(C)CCCC1C(=O)Nc1cc(Br)ccc1C(N)=S. The van der Waals surface area contributed by atoms with Gasteiger partial charge in [0.2, 0.25) is 5.91 Å². The molecular formula is C15H19BrN2OS. The van der Waals surface area contributed by atoms with Gasteiger partial charge in [0.15, 0.2) is 0 Å². The summed E-state index contributed by atoms with van der Waals surface area (Å²) in [4.78, 5) is 12.8. The molecule has 0 spiro atoms. The van der Waals surface area contributed by atoms with Crippen molar-refractivity contribution in [1.29, 1.82) is 0 Å². The molecule has 0 saturated heterocycles. The molecule has 3 nitrogen and oxygen atoms in total. The Labute approximate surface area is 133 Å². The topological polar surface area (TPSA) is 55.1 Å². The van der Waals surface area contributed by atoms with E-state index >= 15 is 0 Å². The molecule has 0 aromatic heterocycles. The van der Waals surface area contributed by atoms with Crippen LogP contribution in [0.1, 0.15) is 38.7 Å². The fraction of sp³-hybridized carbons (Fsp3) is 0.467. The average Bonchev–Trinajstić information content (AvgIpc) is 2.68. The molecule has 1 atom stereocenters. The van der Waals surface area contributed by atoms with Crippen LogP contribution in [0.15, 0.2) is 22.7 Å². The maximum atomic E-state index is 12.5. The van der Waals surface area contributed by atoms with E-state index in [1.54, 1.807) is 0 Å². The zero-order chi connectivity index (χ0) is 14.9. The van der Waals surface area contributed by atoms with Crippen LogP contribution in [0.5, 0.6) is 0 Å². The van der Waals surface area contributed by atoms with Gasteiger partial charge in [-0.2, -0.15) is 0 Å². The van der Waals surface area contributed by atoms with Gasteiger partial charge in [0.1, 0.15) is 4.99 Å². The third kappa shape index (κ3) is 3.20. The molecule has 1 saturated carbocycles. The third-order valence-electron chi connectivity index (χ3n) is 4.08. The van der Waals surface area contributed by atoms with Crippen LogP contribution in [-0.4, -0.2) is 10.9 Å². The molecule has 0 heterocycles. The minimum atomic E-state index is 0.0423. The van der Waals surface area contributed by atoms with Gasteiger partial charge >= 0.3 is 0 Å². The third-order valence-corrected chi connectivity index (χ3v) is 4.79. The molecular weight excluding hydrogens is 336 g/mol. The van der Waals surface area contributed by atoms with Crippen molar-refractivity contribution in [3.05, 3.63) is 28.2 Å². The van der Waals surface area contributed by atoms with Gasteiger partial charge in [-0.15, -0.1) is 0 Å². The zero-order valence-corrected chi connectivity index (χ0v) is 14.1. The molecule has 1 aliphatic carbocycles. The fourth-order valence-corrected chi connectivity index (χ4v) is 3.41. The van der Waals surface area contributed by atoms with Gasteiger partial charge in [0, 0.05) is 16.0 Å². The Hall–Kier alpha value is -0.940. The highest BCUT2D eigenvalue weighted by atomic mass is 79.9. The molecule has 1 aliphatic rings. The van der Waals surface area contributed by atoms with Gasteiger partial charge in [0.05, 0.1) is 5.69 Å². The van der Waals surface area contributed by atoms with Crippen LogP contribution < -0.4 is 11.1 Å². The van der Waals surface area contributed by atoms with Crippen LogP contribution in [-0.2, 0) is 4.79 Å². The van der Waals surface area contributed by atoms with E-state index in [4.69, 9.17) is 18.0 Å². The zero-order valence-electron chi connectivity index (χ0n) is 11.7. The first-order chi connectivity index (χ1) is 9.31. The normalized spacial score (nSPS) is 20.6. The Balaban J connectivity index is 2.24. The predicted molar refractivity (Wildman–Crippen MR) is 89.8 cm³/mol. The van der Waals surface area contributed by atoms with Crippen LogP contribution in [0.2, 0.25) is 0 Å². The first-order valence-corrected chi connectivity index (χ1v) is 7.91. The van der Waals surface area contributed by atoms with Crippen molar-refractivity contribution in [2.75, 3.05) is 5.32 Å². The van der Waals surface area contributed by atoms with Gasteiger partial charge < -0.3 is 11.1 Å². The van der Waals surface area contributed by atoms with Crippen molar-refractivity contribution in [3.8, 4) is 0 Å². The Bertz CT molecular complexity index is 557. The summed E-state index contributed by atoms with van der Waals surface area (Å²) in [6.45, 7) is 4.30. The van der Waals surface area contributed by atoms with Crippen LogP contribution in [0, 0.1) is 11.3 Å². The minimum absolute atomic E-state index is 0.0423. The first-order valence-electron chi connectivity index (χ1n) is 6.71. The quantitative estimate of drug-likeness (QED) is 0.810. The number of carbonyl (C=O) groups excluding carboxylic acids is 1. The second-order valence-corrected chi connectivity index (χ2v) is 7.33. The highest BCUT2D eigenvalue weighted by molar-refractivity contribution is 9.10. The molecule has 5 heteroatoms. The highest BCUT2D eigenvalue weighted by Gasteiger charge is 2.39. The number of carbonyl (C=O) groups is 1. The molecule has 1 fully saturated rings. The van der Waals surface area contributed by atoms with Crippen LogP contribution in [0.4, 0.5) is 5.69 Å². The van der Waals surface area contributed by atoms with Crippen molar-refractivity contribution in [1.82, 2.24) is 0 Å². The summed E-state index contributed by atoms with van der Waals surface area (Å²) in [5.74, 6) is 0.101. The lowest BCUT2D eigenvalue weighted by Crippen LogP contribution is -2.31. The van der Waals surface area contributed by atoms with E-state index in [2.05, 4.69) is 35.1 Å². The Kier molecular flexibility index (Phi) is 4.49. The maximum absolute atomic E-state index is 12.5. The second-order valence-electron chi connectivity index (χ2n) is 5.98. The molecule has 1 aromatic rings. The number of rotatable bonds is 3. The van der Waals surface area contributed by atoms with Gasteiger partial charge in [0.25, 0.3) is 0 Å². The monoisotopic (exact) mass is 354 g/mol. The standard InChI is InChI=1S/C15H19BrN2OS/c1-15(2)7-3-4-11(15)14(19)18-12-8-9(16)5-6-10(12)13(17)20/h5-6,8,11H,3-4,7H2,1-2H3,(H2,17,20)(H,18,19). The van der Waals surface area contributed by atoms with Gasteiger partial charge in [-0.1, -0.05) is 48.4 Å². The summed E-state index contributed by atoms with van der Waals surface area (Å²) in [5.41, 5.74) is 7.15. The first kappa shape index (κ1) is 15.4. The second kappa shape index (κ2) is 5.82. The van der Waals surface area contributed by atoms with E-state index in [0.29, 0.717) is 16.2 Å². The summed E-state index contributed by atoms with van der Waals surface area (Å²) in [6, 6.07) is 5.53. The van der Waals surface area contributed by atoms with Crippen LogP contribution >= 0.6 is 28.1 Å². The van der Waals surface area contributed by atoms with Gasteiger partial charge in [-0.25, -0.2) is 0 Å². The molecule has 1 aromatic carbocycles. The number of anilines is 1. The van der Waals surface area contributed by atoms with Crippen molar-refractivity contribution >= 4 is 44.7 Å². The van der Waals surface area contributed by atoms with E-state index < -0.39 is 0 Å². The Morgan fingerprint density at radius 3 is 2.75 bits per heavy atom. The lowest BCUT2D eigenvalue weighted by atomic mass is 9.81. The summed E-state index contributed by atoms with van der Waals surface area (Å²) in [7, 11) is 0. The average molecular weight is 355 g/mol. The van der Waals surface area contributed by atoms with Gasteiger partial charge in [-0.05, 0) is 36.5 Å². The summed E-state index contributed by atoms with van der Waals surface area (Å²) < 4.78 is 0.887. The van der Waals surface area contributed by atoms with E-state index in [1.807, 2.05) is 18.2 Å². The van der Waals surface area contributed by atoms with Crippen LogP contribution in [0.25, 0.3) is 0 Å². The number of thiocarbonyl (C=S) groups is 1. The summed E-state index contributed by atoms with van der Waals surface area (Å²) in [6.07, 6.45) is 3.13. The number of halogens is 1. The van der Waals surface area contributed by atoms with Gasteiger partial charge in [-0.3, -0.25) is 4.79 Å². The Morgan fingerprint density at radius 2 is 2.20 bits per heavy atom. The number of hydrogen-bond acceptors (Lipinski definition) is 2. The molecule has 20 heavy (non-hydrogen) atoms. The number of benzene rings is 1. The number of amides is 1. The molecule has 0 radical (unpaired) electrons. The van der Waals surface area contributed by atoms with Crippen molar-refractivity contribution in [2.45, 2.75) is 33.1 Å². The highest BCUT2D eigenvalue weighted by Crippen LogP contribution is 2.43. The molecule has 3 N–H and O–H groups in total. The lowest BCUT2D eigenvalue weighted by Gasteiger charge is -2.26. The minimum Gasteiger partial charge on any atom is -0.389 e. The molecule has 0 bridgehead atoms. The molecule has 108 valence electrons. The number of hydrogen-bond donors (Lipinski definition) is 2. The van der Waals surface area contributed by atoms with Crippen molar-refractivity contribution in [3.63, 3.8) is 0 Å². The van der Waals surface area contributed by atoms with E-state index in [-0.39, 0.29) is 17.2 Å². The fourth-order valence-electron chi connectivity index (χ4n) is 2.87. The maximum Gasteiger partial charge on any atom is 0.228 e. The van der Waals surface area contributed by atoms with E-state index in [0.717, 1.165) is 23.7 Å². The van der Waals surface area contributed by atoms with Crippen molar-refractivity contribution in [2.24, 2.45) is 17.1 Å². The Morgan fingerprint density at radius 1 is 1.50 bits per heavy atom. The van der Waals surface area contributed by atoms with Crippen molar-refractivity contribution < 1.29 is 4.79 Å². The largest absolute Gasteiger partial charge is 0.389 e.